The van der Waals surface area contributed by atoms with Crippen LogP contribution in [0.4, 0.5) is 0 Å². The molecule has 1 aromatic rings. The third-order valence-corrected chi connectivity index (χ3v) is 5.72. The molecule has 1 N–H and O–H groups in total. The van der Waals surface area contributed by atoms with E-state index >= 15 is 0 Å². The van der Waals surface area contributed by atoms with E-state index in [1.54, 1.807) is 0 Å². The van der Waals surface area contributed by atoms with Crippen molar-refractivity contribution in [3.05, 3.63) is 39.9 Å². The van der Waals surface area contributed by atoms with Crippen LogP contribution in [0.15, 0.2) is 24.3 Å². The van der Waals surface area contributed by atoms with Crippen molar-refractivity contribution in [1.82, 2.24) is 10.2 Å². The van der Waals surface area contributed by atoms with Gasteiger partial charge < -0.3 is 5.32 Å². The van der Waals surface area contributed by atoms with Crippen molar-refractivity contribution in [2.45, 2.75) is 25.7 Å². The van der Waals surface area contributed by atoms with Gasteiger partial charge in [-0.15, -0.1) is 0 Å². The van der Waals surface area contributed by atoms with Crippen LogP contribution >= 0.6 is 23.2 Å². The summed E-state index contributed by atoms with van der Waals surface area (Å²) in [5, 5.41) is 4.78. The summed E-state index contributed by atoms with van der Waals surface area (Å²) in [5.74, 6) is 0.911. The predicted octanol–water partition coefficient (Wildman–Crippen LogP) is 4.47. The molecule has 0 unspecified atom stereocenters. The van der Waals surface area contributed by atoms with Crippen LogP contribution in [-0.4, -0.2) is 37.6 Å². The average molecular weight is 339 g/mol. The lowest BCUT2D eigenvalue weighted by molar-refractivity contribution is 0.252. The van der Waals surface area contributed by atoms with Crippen molar-refractivity contribution in [2.24, 2.45) is 5.92 Å². The molecule has 2 heterocycles. The van der Waals surface area contributed by atoms with Crippen molar-refractivity contribution in [3.63, 3.8) is 0 Å². The first-order valence-corrected chi connectivity index (χ1v) is 9.06. The average Bonchev–Trinajstić information content (AvgIpc) is 2.57. The molecule has 0 radical (unpaired) electrons. The first-order chi connectivity index (χ1) is 10.7. The van der Waals surface area contributed by atoms with E-state index in [0.717, 1.165) is 31.0 Å². The van der Waals surface area contributed by atoms with E-state index in [9.17, 15) is 0 Å². The summed E-state index contributed by atoms with van der Waals surface area (Å²) in [7, 11) is 0. The Hall–Kier alpha value is -0.540. The Kier molecular flexibility index (Phi) is 5.81. The first-order valence-electron chi connectivity index (χ1n) is 8.30. The molecule has 1 aromatic carbocycles. The molecule has 0 aromatic heterocycles. The second-order valence-corrected chi connectivity index (χ2v) is 7.15. The topological polar surface area (TPSA) is 15.3 Å². The number of piperidine rings is 1. The van der Waals surface area contributed by atoms with E-state index < -0.39 is 0 Å². The van der Waals surface area contributed by atoms with Gasteiger partial charge in [-0.1, -0.05) is 41.4 Å². The Morgan fingerprint density at radius 1 is 1.18 bits per heavy atom. The second kappa shape index (κ2) is 7.83. The minimum Gasteiger partial charge on any atom is -0.317 e. The smallest absolute Gasteiger partial charge is 0.0667 e. The van der Waals surface area contributed by atoms with Gasteiger partial charge in [0.1, 0.15) is 0 Å². The minimum absolute atomic E-state index is 0.647. The third kappa shape index (κ3) is 4.05. The highest BCUT2D eigenvalue weighted by atomic mass is 35.5. The lowest BCUT2D eigenvalue weighted by Crippen LogP contribution is -2.33. The molecule has 120 valence electrons. The molecule has 3 rings (SSSR count). The fraction of sp³-hybridized carbons (Fsp3) is 0.556. The second-order valence-electron chi connectivity index (χ2n) is 6.36. The van der Waals surface area contributed by atoms with E-state index in [2.05, 4.69) is 22.4 Å². The molecule has 1 saturated heterocycles. The first kappa shape index (κ1) is 16.3. The van der Waals surface area contributed by atoms with Crippen molar-refractivity contribution < 1.29 is 0 Å². The molecular formula is C18H24Cl2N2. The fourth-order valence-electron chi connectivity index (χ4n) is 3.45. The summed E-state index contributed by atoms with van der Waals surface area (Å²) in [6.45, 7) is 5.77. The van der Waals surface area contributed by atoms with Crippen molar-refractivity contribution in [3.8, 4) is 0 Å². The van der Waals surface area contributed by atoms with Gasteiger partial charge in [0.2, 0.25) is 0 Å². The van der Waals surface area contributed by atoms with Crippen LogP contribution in [-0.2, 0) is 0 Å². The van der Waals surface area contributed by atoms with E-state index in [1.165, 1.54) is 44.5 Å². The molecule has 4 heteroatoms. The number of nitrogens with one attached hydrogen (secondary N) is 1. The highest BCUT2D eigenvalue weighted by Gasteiger charge is 2.18. The lowest BCUT2D eigenvalue weighted by atomic mass is 9.94. The number of benzene rings is 1. The lowest BCUT2D eigenvalue weighted by Gasteiger charge is -2.29. The predicted molar refractivity (Wildman–Crippen MR) is 95.7 cm³/mol. The molecule has 1 fully saturated rings. The summed E-state index contributed by atoms with van der Waals surface area (Å²) in [6.07, 6.45) is 7.40. The molecule has 0 spiro atoms. The fourth-order valence-corrected chi connectivity index (χ4v) is 3.87. The van der Waals surface area contributed by atoms with Crippen molar-refractivity contribution in [2.75, 3.05) is 32.7 Å². The van der Waals surface area contributed by atoms with Gasteiger partial charge >= 0.3 is 0 Å². The van der Waals surface area contributed by atoms with Crippen LogP contribution in [0.3, 0.4) is 0 Å². The maximum absolute atomic E-state index is 6.33. The van der Waals surface area contributed by atoms with Gasteiger partial charge in [0.25, 0.3) is 0 Å². The van der Waals surface area contributed by atoms with E-state index in [4.69, 9.17) is 23.2 Å². The van der Waals surface area contributed by atoms with Crippen LogP contribution in [0.25, 0.3) is 5.57 Å². The van der Waals surface area contributed by atoms with Gasteiger partial charge in [-0.3, -0.25) is 4.90 Å². The number of hydrogen-bond donors (Lipinski definition) is 1. The molecule has 0 amide bonds. The van der Waals surface area contributed by atoms with Gasteiger partial charge in [-0.2, -0.15) is 0 Å². The number of nitrogens with zero attached hydrogens (tertiary/aromatic N) is 1. The monoisotopic (exact) mass is 338 g/mol. The zero-order chi connectivity index (χ0) is 15.4. The highest BCUT2D eigenvalue weighted by Crippen LogP contribution is 2.33. The van der Waals surface area contributed by atoms with Crippen LogP contribution < -0.4 is 5.32 Å². The molecule has 0 atom stereocenters. The van der Waals surface area contributed by atoms with Crippen LogP contribution in [0.5, 0.6) is 0 Å². The molecule has 22 heavy (non-hydrogen) atoms. The van der Waals surface area contributed by atoms with Gasteiger partial charge in [0, 0.05) is 13.1 Å². The molecule has 2 aliphatic rings. The summed E-state index contributed by atoms with van der Waals surface area (Å²) < 4.78 is 0. The van der Waals surface area contributed by atoms with Crippen LogP contribution in [0, 0.1) is 5.92 Å². The van der Waals surface area contributed by atoms with Gasteiger partial charge in [0.05, 0.1) is 10.0 Å². The van der Waals surface area contributed by atoms with Gasteiger partial charge in [0.15, 0.2) is 0 Å². The van der Waals surface area contributed by atoms with Gasteiger partial charge in [-0.05, 0) is 68.4 Å². The Balaban J connectivity index is 1.54. The van der Waals surface area contributed by atoms with Crippen LogP contribution in [0.1, 0.15) is 31.2 Å². The standard InChI is InChI=1S/C18H24Cl2N2/c19-17-3-1-2-16(18(17)20)15-7-12-22(13-8-15)11-6-14-4-9-21-10-5-14/h1-3,7,14,21H,4-6,8-13H2. The number of halogens is 2. The van der Waals surface area contributed by atoms with Crippen molar-refractivity contribution >= 4 is 28.8 Å². The number of hydrogen-bond acceptors (Lipinski definition) is 2. The molecule has 0 saturated carbocycles. The van der Waals surface area contributed by atoms with Crippen molar-refractivity contribution in [1.29, 1.82) is 0 Å². The summed E-state index contributed by atoms with van der Waals surface area (Å²) in [4.78, 5) is 2.56. The maximum atomic E-state index is 6.33. The molecular weight excluding hydrogens is 315 g/mol. The Bertz CT molecular complexity index is 536. The van der Waals surface area contributed by atoms with E-state index in [0.29, 0.717) is 10.0 Å². The van der Waals surface area contributed by atoms with E-state index in [1.807, 2.05) is 12.1 Å². The Labute approximate surface area is 143 Å². The third-order valence-electron chi connectivity index (χ3n) is 4.90. The zero-order valence-electron chi connectivity index (χ0n) is 13.0. The Morgan fingerprint density at radius 2 is 2.00 bits per heavy atom. The Morgan fingerprint density at radius 3 is 2.73 bits per heavy atom. The number of rotatable bonds is 4. The molecule has 0 aliphatic carbocycles. The molecule has 2 aliphatic heterocycles. The normalized spacial score (nSPS) is 20.9. The summed E-state index contributed by atoms with van der Waals surface area (Å²) in [5.41, 5.74) is 2.44. The minimum atomic E-state index is 0.647. The largest absolute Gasteiger partial charge is 0.317 e. The zero-order valence-corrected chi connectivity index (χ0v) is 14.5. The quantitative estimate of drug-likeness (QED) is 0.871. The summed E-state index contributed by atoms with van der Waals surface area (Å²) >= 11 is 12.5. The SMILES string of the molecule is Clc1cccc(C2=CCN(CCC3CCNCC3)CC2)c1Cl. The van der Waals surface area contributed by atoms with Gasteiger partial charge in [-0.25, -0.2) is 0 Å². The maximum Gasteiger partial charge on any atom is 0.0667 e. The molecule has 0 bridgehead atoms. The summed E-state index contributed by atoms with van der Waals surface area (Å²) in [6, 6.07) is 5.90. The molecule has 2 nitrogen and oxygen atoms in total. The highest BCUT2D eigenvalue weighted by molar-refractivity contribution is 6.43. The van der Waals surface area contributed by atoms with Crippen LogP contribution in [0.2, 0.25) is 10.0 Å². The van der Waals surface area contributed by atoms with E-state index in [-0.39, 0.29) is 0 Å².